The van der Waals surface area contributed by atoms with Crippen LogP contribution < -0.4 is 16.1 Å². The van der Waals surface area contributed by atoms with Crippen LogP contribution in [0, 0.1) is 11.3 Å². The van der Waals surface area contributed by atoms with Crippen LogP contribution in [-0.2, 0) is 4.74 Å². The molecule has 23 heavy (non-hydrogen) atoms. The van der Waals surface area contributed by atoms with Crippen molar-refractivity contribution < 1.29 is 4.74 Å². The van der Waals surface area contributed by atoms with Crippen LogP contribution in [0.3, 0.4) is 0 Å². The molecule has 3 N–H and O–H groups in total. The number of nitriles is 1. The van der Waals surface area contributed by atoms with Gasteiger partial charge < -0.3 is 15.4 Å². The van der Waals surface area contributed by atoms with Crippen molar-refractivity contribution >= 4 is 35.1 Å². The smallest absolute Gasteiger partial charge is 0.224 e. The number of anilines is 3. The average molecular weight is 329 g/mol. The van der Waals surface area contributed by atoms with Gasteiger partial charge in [0.05, 0.1) is 19.4 Å². The summed E-state index contributed by atoms with van der Waals surface area (Å²) in [4.78, 5) is 11.3. The van der Waals surface area contributed by atoms with Crippen molar-refractivity contribution in [3.05, 3.63) is 28.0 Å². The maximum Gasteiger partial charge on any atom is 0.224 e. The van der Waals surface area contributed by atoms with Crippen LogP contribution in [0.2, 0.25) is 0 Å². The first-order valence-electron chi connectivity index (χ1n) is 7.01. The lowest BCUT2D eigenvalue weighted by Crippen LogP contribution is -2.37. The van der Waals surface area contributed by atoms with Crippen LogP contribution in [0.15, 0.2) is 22.6 Å². The number of rotatable bonds is 4. The standard InChI is InChI=1S/C14H15N7OS/c15-8-11-12(20-17-9-10-2-1-7-23-10)18-14(16)19-13(11)21-3-5-22-6-4-21/h1-2,7,9H,3-6H2,(H3,16,18,19,20)/b17-9+. The summed E-state index contributed by atoms with van der Waals surface area (Å²) < 4.78 is 5.32. The molecule has 0 aromatic carbocycles. The molecule has 0 aliphatic carbocycles. The molecular formula is C14H15N7OS. The van der Waals surface area contributed by atoms with E-state index in [0.29, 0.717) is 43.5 Å². The van der Waals surface area contributed by atoms with E-state index in [4.69, 9.17) is 10.5 Å². The lowest BCUT2D eigenvalue weighted by molar-refractivity contribution is 0.122. The third-order valence-electron chi connectivity index (χ3n) is 3.24. The molecule has 118 valence electrons. The molecule has 0 saturated carbocycles. The Morgan fingerprint density at radius 1 is 1.43 bits per heavy atom. The highest BCUT2D eigenvalue weighted by Crippen LogP contribution is 2.25. The SMILES string of the molecule is N#Cc1c(N/N=C/c2cccs2)nc(N)nc1N1CCOCC1. The van der Waals surface area contributed by atoms with Crippen molar-refractivity contribution in [3.8, 4) is 6.07 Å². The van der Waals surface area contributed by atoms with Gasteiger partial charge in [-0.3, -0.25) is 5.43 Å². The zero-order chi connectivity index (χ0) is 16.1. The number of thiophene rings is 1. The summed E-state index contributed by atoms with van der Waals surface area (Å²) in [6, 6.07) is 6.01. The number of nitrogens with two attached hydrogens (primary N) is 1. The predicted octanol–water partition coefficient (Wildman–Crippen LogP) is 1.27. The van der Waals surface area contributed by atoms with Crippen molar-refractivity contribution in [2.45, 2.75) is 0 Å². The number of nitrogen functional groups attached to an aromatic ring is 1. The number of nitrogens with one attached hydrogen (secondary N) is 1. The Labute approximate surface area is 137 Å². The van der Waals surface area contributed by atoms with Crippen LogP contribution in [0.1, 0.15) is 10.4 Å². The van der Waals surface area contributed by atoms with E-state index >= 15 is 0 Å². The van der Waals surface area contributed by atoms with Gasteiger partial charge in [0, 0.05) is 18.0 Å². The third kappa shape index (κ3) is 3.56. The van der Waals surface area contributed by atoms with E-state index in [1.807, 2.05) is 22.4 Å². The number of aromatic nitrogens is 2. The lowest BCUT2D eigenvalue weighted by Gasteiger charge is -2.28. The molecular weight excluding hydrogens is 314 g/mol. The third-order valence-corrected chi connectivity index (χ3v) is 4.04. The summed E-state index contributed by atoms with van der Waals surface area (Å²) in [5.74, 6) is 0.908. The van der Waals surface area contributed by atoms with Gasteiger partial charge in [-0.25, -0.2) is 0 Å². The van der Waals surface area contributed by atoms with Crippen LogP contribution in [0.25, 0.3) is 0 Å². The van der Waals surface area contributed by atoms with Gasteiger partial charge in [-0.05, 0) is 11.4 Å². The molecule has 1 aliphatic heterocycles. The fourth-order valence-electron chi connectivity index (χ4n) is 2.18. The van der Waals surface area contributed by atoms with Crippen molar-refractivity contribution in [3.63, 3.8) is 0 Å². The predicted molar refractivity (Wildman–Crippen MR) is 89.7 cm³/mol. The molecule has 0 spiro atoms. The van der Waals surface area contributed by atoms with Gasteiger partial charge in [0.25, 0.3) is 0 Å². The van der Waals surface area contributed by atoms with Gasteiger partial charge in [-0.15, -0.1) is 11.3 Å². The van der Waals surface area contributed by atoms with Gasteiger partial charge in [0.1, 0.15) is 11.6 Å². The Morgan fingerprint density at radius 3 is 2.96 bits per heavy atom. The molecule has 0 bridgehead atoms. The molecule has 0 radical (unpaired) electrons. The molecule has 2 aromatic heterocycles. The van der Waals surface area contributed by atoms with Crippen molar-refractivity contribution in [2.24, 2.45) is 5.10 Å². The fraction of sp³-hybridized carbons (Fsp3) is 0.286. The summed E-state index contributed by atoms with van der Waals surface area (Å²) in [5.41, 5.74) is 8.89. The molecule has 9 heteroatoms. The summed E-state index contributed by atoms with van der Waals surface area (Å²) >= 11 is 1.56. The Morgan fingerprint density at radius 2 is 2.26 bits per heavy atom. The van der Waals surface area contributed by atoms with E-state index in [-0.39, 0.29) is 5.95 Å². The van der Waals surface area contributed by atoms with Crippen molar-refractivity contribution in [1.29, 1.82) is 5.26 Å². The van der Waals surface area contributed by atoms with Gasteiger partial charge in [-0.1, -0.05) is 6.07 Å². The molecule has 2 aromatic rings. The molecule has 3 rings (SSSR count). The number of morpholine rings is 1. The van der Waals surface area contributed by atoms with Gasteiger partial charge in [0.15, 0.2) is 11.6 Å². The maximum absolute atomic E-state index is 9.49. The van der Waals surface area contributed by atoms with Gasteiger partial charge in [0.2, 0.25) is 5.95 Å². The monoisotopic (exact) mass is 329 g/mol. The Hall–Kier alpha value is -2.70. The highest BCUT2D eigenvalue weighted by atomic mass is 32.1. The van der Waals surface area contributed by atoms with Gasteiger partial charge >= 0.3 is 0 Å². The first kappa shape index (κ1) is 15.2. The number of nitrogens with zero attached hydrogens (tertiary/aromatic N) is 5. The highest BCUT2D eigenvalue weighted by Gasteiger charge is 2.20. The van der Waals surface area contributed by atoms with Crippen molar-refractivity contribution in [1.82, 2.24) is 9.97 Å². The number of hydrazone groups is 1. The topological polar surface area (TPSA) is 112 Å². The van der Waals surface area contributed by atoms with Crippen LogP contribution in [0.5, 0.6) is 0 Å². The molecule has 1 aliphatic rings. The van der Waals surface area contributed by atoms with E-state index in [9.17, 15) is 5.26 Å². The maximum atomic E-state index is 9.49. The first-order valence-corrected chi connectivity index (χ1v) is 7.89. The molecule has 1 fully saturated rings. The average Bonchev–Trinajstić information content (AvgIpc) is 3.08. The van der Waals surface area contributed by atoms with E-state index in [1.54, 1.807) is 17.6 Å². The van der Waals surface area contributed by atoms with E-state index in [0.717, 1.165) is 4.88 Å². The zero-order valence-corrected chi connectivity index (χ0v) is 13.1. The Kier molecular flexibility index (Phi) is 4.65. The highest BCUT2D eigenvalue weighted by molar-refractivity contribution is 7.11. The fourth-order valence-corrected chi connectivity index (χ4v) is 2.76. The van der Waals surface area contributed by atoms with E-state index < -0.39 is 0 Å². The minimum absolute atomic E-state index is 0.0966. The van der Waals surface area contributed by atoms with Crippen molar-refractivity contribution in [2.75, 3.05) is 42.4 Å². The number of ether oxygens (including phenoxy) is 1. The van der Waals surface area contributed by atoms with Crippen LogP contribution >= 0.6 is 11.3 Å². The zero-order valence-electron chi connectivity index (χ0n) is 12.3. The summed E-state index contributed by atoms with van der Waals surface area (Å²) in [7, 11) is 0. The molecule has 8 nitrogen and oxygen atoms in total. The molecule has 0 atom stereocenters. The molecule has 0 unspecified atom stereocenters. The van der Waals surface area contributed by atoms with Crippen LogP contribution in [-0.4, -0.2) is 42.5 Å². The van der Waals surface area contributed by atoms with E-state index in [2.05, 4.69) is 26.6 Å². The second-order valence-corrected chi connectivity index (χ2v) is 5.70. The molecule has 1 saturated heterocycles. The van der Waals surface area contributed by atoms with Crippen LogP contribution in [0.4, 0.5) is 17.6 Å². The summed E-state index contributed by atoms with van der Waals surface area (Å²) in [6.45, 7) is 2.49. The first-order chi connectivity index (χ1) is 11.3. The van der Waals surface area contributed by atoms with E-state index in [1.165, 1.54) is 0 Å². The largest absolute Gasteiger partial charge is 0.378 e. The second kappa shape index (κ2) is 7.04. The minimum atomic E-state index is 0.0966. The summed E-state index contributed by atoms with van der Waals surface area (Å²) in [6.07, 6.45) is 1.67. The van der Waals surface area contributed by atoms with Gasteiger partial charge in [-0.2, -0.15) is 20.3 Å². The lowest BCUT2D eigenvalue weighted by atomic mass is 10.2. The number of hydrogen-bond acceptors (Lipinski definition) is 9. The number of hydrogen-bond donors (Lipinski definition) is 2. The quantitative estimate of drug-likeness (QED) is 0.641. The Bertz CT molecular complexity index is 732. The second-order valence-electron chi connectivity index (χ2n) is 4.73. The minimum Gasteiger partial charge on any atom is -0.378 e. The molecule has 3 heterocycles. The Balaban J connectivity index is 1.87. The normalized spacial score (nSPS) is 14.8. The summed E-state index contributed by atoms with van der Waals surface area (Å²) in [5, 5.41) is 15.6. The molecule has 0 amide bonds.